The molecule has 1 aliphatic heterocycles. The van der Waals surface area contributed by atoms with E-state index in [9.17, 15) is 4.79 Å². The Kier molecular flexibility index (Phi) is 5.17. The van der Waals surface area contributed by atoms with Gasteiger partial charge in [0, 0.05) is 19.5 Å². The van der Waals surface area contributed by atoms with Gasteiger partial charge in [0.1, 0.15) is 12.0 Å². The first-order valence-electron chi connectivity index (χ1n) is 7.50. The van der Waals surface area contributed by atoms with Gasteiger partial charge in [-0.3, -0.25) is 4.79 Å². The first-order chi connectivity index (χ1) is 9.61. The Balaban J connectivity index is 1.82. The monoisotopic (exact) mass is 279 g/mol. The van der Waals surface area contributed by atoms with Crippen LogP contribution in [0.1, 0.15) is 44.8 Å². The molecule has 5 nitrogen and oxygen atoms in total. The summed E-state index contributed by atoms with van der Waals surface area (Å²) < 4.78 is 4.85. The summed E-state index contributed by atoms with van der Waals surface area (Å²) in [5.41, 5.74) is 0.807. The largest absolute Gasteiger partial charge is 0.364 e. The lowest BCUT2D eigenvalue weighted by molar-refractivity contribution is -0.133. The first kappa shape index (κ1) is 15.0. The van der Waals surface area contributed by atoms with Gasteiger partial charge in [-0.1, -0.05) is 12.1 Å². The Labute approximate surface area is 120 Å². The van der Waals surface area contributed by atoms with Crippen molar-refractivity contribution in [3.05, 3.63) is 18.0 Å². The molecule has 20 heavy (non-hydrogen) atoms. The van der Waals surface area contributed by atoms with Crippen molar-refractivity contribution in [1.29, 1.82) is 0 Å². The maximum Gasteiger partial charge on any atom is 0.223 e. The number of hydrogen-bond donors (Lipinski definition) is 0. The molecule has 2 heterocycles. The van der Waals surface area contributed by atoms with Gasteiger partial charge in [-0.15, -0.1) is 0 Å². The van der Waals surface area contributed by atoms with Crippen LogP contribution in [0.2, 0.25) is 0 Å². The zero-order chi connectivity index (χ0) is 14.5. The van der Waals surface area contributed by atoms with Crippen LogP contribution >= 0.6 is 0 Å². The molecule has 0 radical (unpaired) electrons. The van der Waals surface area contributed by atoms with Gasteiger partial charge in [-0.2, -0.15) is 0 Å². The molecule has 1 aromatic rings. The highest BCUT2D eigenvalue weighted by Gasteiger charge is 2.25. The summed E-state index contributed by atoms with van der Waals surface area (Å²) in [4.78, 5) is 16.6. The van der Waals surface area contributed by atoms with Gasteiger partial charge in [0.25, 0.3) is 0 Å². The van der Waals surface area contributed by atoms with Crippen molar-refractivity contribution in [3.63, 3.8) is 0 Å². The van der Waals surface area contributed by atoms with E-state index in [1.165, 1.54) is 0 Å². The number of piperidine rings is 1. The minimum absolute atomic E-state index is 0.0306. The molecule has 1 aliphatic rings. The standard InChI is InChI=1S/C15H25N3O2/c1-4-18-8-5-13(6-9-18)11-15(19)17(3)12(2)14-7-10-20-16-14/h7,10,12-13H,4-6,8-9,11H2,1-3H3. The fourth-order valence-electron chi connectivity index (χ4n) is 2.75. The minimum Gasteiger partial charge on any atom is -0.364 e. The van der Waals surface area contributed by atoms with Crippen LogP contribution in [0.25, 0.3) is 0 Å². The Morgan fingerprint density at radius 1 is 1.55 bits per heavy atom. The second kappa shape index (κ2) is 6.88. The molecule has 2 rings (SSSR count). The van der Waals surface area contributed by atoms with E-state index >= 15 is 0 Å². The molecule has 0 aliphatic carbocycles. The average Bonchev–Trinajstić information content (AvgIpc) is 3.00. The Morgan fingerprint density at radius 2 is 2.25 bits per heavy atom. The molecule has 0 bridgehead atoms. The molecular weight excluding hydrogens is 254 g/mol. The van der Waals surface area contributed by atoms with Gasteiger partial charge >= 0.3 is 0 Å². The number of likely N-dealkylation sites (tertiary alicyclic amines) is 1. The maximum absolute atomic E-state index is 12.4. The van der Waals surface area contributed by atoms with Crippen LogP contribution in [-0.4, -0.2) is 47.5 Å². The van der Waals surface area contributed by atoms with Crippen LogP contribution in [-0.2, 0) is 4.79 Å². The third kappa shape index (κ3) is 3.60. The number of carbonyl (C=O) groups is 1. The van der Waals surface area contributed by atoms with E-state index in [1.54, 1.807) is 11.2 Å². The molecule has 0 spiro atoms. The van der Waals surface area contributed by atoms with E-state index in [-0.39, 0.29) is 11.9 Å². The third-order valence-electron chi connectivity index (χ3n) is 4.48. The third-order valence-corrected chi connectivity index (χ3v) is 4.48. The Morgan fingerprint density at radius 3 is 2.80 bits per heavy atom. The number of rotatable bonds is 5. The van der Waals surface area contributed by atoms with E-state index in [4.69, 9.17) is 4.52 Å². The van der Waals surface area contributed by atoms with Crippen molar-refractivity contribution in [2.24, 2.45) is 5.92 Å². The molecule has 1 unspecified atom stereocenters. The van der Waals surface area contributed by atoms with Crippen LogP contribution in [0.4, 0.5) is 0 Å². The molecule has 0 aromatic carbocycles. The molecule has 1 amide bonds. The van der Waals surface area contributed by atoms with Crippen LogP contribution in [0.15, 0.2) is 16.9 Å². The van der Waals surface area contributed by atoms with Crippen molar-refractivity contribution < 1.29 is 9.32 Å². The molecular formula is C15H25N3O2. The molecule has 1 aromatic heterocycles. The number of aromatic nitrogens is 1. The SMILES string of the molecule is CCN1CCC(CC(=O)N(C)C(C)c2ccon2)CC1. The molecule has 1 fully saturated rings. The smallest absolute Gasteiger partial charge is 0.223 e. The topological polar surface area (TPSA) is 49.6 Å². The van der Waals surface area contributed by atoms with Gasteiger partial charge in [0.15, 0.2) is 0 Å². The van der Waals surface area contributed by atoms with Gasteiger partial charge in [-0.05, 0) is 45.3 Å². The minimum atomic E-state index is -0.0306. The van der Waals surface area contributed by atoms with Crippen molar-refractivity contribution in [1.82, 2.24) is 15.0 Å². The molecule has 1 atom stereocenters. The number of amides is 1. The van der Waals surface area contributed by atoms with Gasteiger partial charge < -0.3 is 14.3 Å². The van der Waals surface area contributed by atoms with Crippen LogP contribution < -0.4 is 0 Å². The quantitative estimate of drug-likeness (QED) is 0.830. The lowest BCUT2D eigenvalue weighted by Crippen LogP contribution is -2.36. The summed E-state index contributed by atoms with van der Waals surface area (Å²) in [5.74, 6) is 0.729. The summed E-state index contributed by atoms with van der Waals surface area (Å²) in [5, 5.41) is 3.91. The normalized spacial score (nSPS) is 18.9. The highest BCUT2D eigenvalue weighted by molar-refractivity contribution is 5.76. The van der Waals surface area contributed by atoms with E-state index < -0.39 is 0 Å². The highest BCUT2D eigenvalue weighted by Crippen LogP contribution is 2.23. The molecule has 112 valence electrons. The van der Waals surface area contributed by atoms with Crippen molar-refractivity contribution in [2.45, 2.75) is 39.2 Å². The lowest BCUT2D eigenvalue weighted by atomic mass is 9.93. The van der Waals surface area contributed by atoms with Crippen LogP contribution in [0, 0.1) is 5.92 Å². The van der Waals surface area contributed by atoms with E-state index in [1.807, 2.05) is 20.0 Å². The van der Waals surface area contributed by atoms with E-state index in [2.05, 4.69) is 17.0 Å². The summed E-state index contributed by atoms with van der Waals surface area (Å²) in [7, 11) is 1.85. The van der Waals surface area contributed by atoms with Crippen molar-refractivity contribution >= 4 is 5.91 Å². The number of carbonyl (C=O) groups excluding carboxylic acids is 1. The second-order valence-corrected chi connectivity index (χ2v) is 5.69. The van der Waals surface area contributed by atoms with Gasteiger partial charge in [0.05, 0.1) is 6.04 Å². The van der Waals surface area contributed by atoms with Crippen LogP contribution in [0.3, 0.4) is 0 Å². The molecule has 0 N–H and O–H groups in total. The Hall–Kier alpha value is -1.36. The number of nitrogens with zero attached hydrogens (tertiary/aromatic N) is 3. The molecule has 1 saturated heterocycles. The summed E-state index contributed by atoms with van der Waals surface area (Å²) in [6.45, 7) is 7.53. The lowest BCUT2D eigenvalue weighted by Gasteiger charge is -2.32. The predicted octanol–water partition coefficient (Wildman–Crippen LogP) is 2.32. The maximum atomic E-state index is 12.4. The molecule has 0 saturated carbocycles. The van der Waals surface area contributed by atoms with Crippen molar-refractivity contribution in [3.8, 4) is 0 Å². The highest BCUT2D eigenvalue weighted by atomic mass is 16.5. The second-order valence-electron chi connectivity index (χ2n) is 5.69. The fraction of sp³-hybridized carbons (Fsp3) is 0.733. The first-order valence-corrected chi connectivity index (χ1v) is 7.50. The summed E-state index contributed by atoms with van der Waals surface area (Å²) in [6, 6.07) is 1.78. The summed E-state index contributed by atoms with van der Waals surface area (Å²) in [6.07, 6.45) is 4.46. The predicted molar refractivity (Wildman–Crippen MR) is 77.1 cm³/mol. The Bertz CT molecular complexity index is 411. The van der Waals surface area contributed by atoms with Crippen LogP contribution in [0.5, 0.6) is 0 Å². The summed E-state index contributed by atoms with van der Waals surface area (Å²) >= 11 is 0. The molecule has 5 heteroatoms. The fourth-order valence-corrected chi connectivity index (χ4v) is 2.75. The zero-order valence-corrected chi connectivity index (χ0v) is 12.7. The van der Waals surface area contributed by atoms with Gasteiger partial charge in [-0.25, -0.2) is 0 Å². The van der Waals surface area contributed by atoms with Gasteiger partial charge in [0.2, 0.25) is 5.91 Å². The van der Waals surface area contributed by atoms with E-state index in [0.717, 1.165) is 38.2 Å². The van der Waals surface area contributed by atoms with Crippen molar-refractivity contribution in [2.75, 3.05) is 26.7 Å². The van der Waals surface area contributed by atoms with E-state index in [0.29, 0.717) is 12.3 Å². The average molecular weight is 279 g/mol. The number of hydrogen-bond acceptors (Lipinski definition) is 4. The zero-order valence-electron chi connectivity index (χ0n) is 12.7.